The third-order valence-corrected chi connectivity index (χ3v) is 4.35. The van der Waals surface area contributed by atoms with Crippen LogP contribution in [0, 0.1) is 0 Å². The molecule has 0 saturated heterocycles. The van der Waals surface area contributed by atoms with Gasteiger partial charge in [-0.05, 0) is 49.7 Å². The molecular formula is C17H15BrClNO2. The highest BCUT2D eigenvalue weighted by Gasteiger charge is 2.40. The third kappa shape index (κ3) is 2.85. The Morgan fingerprint density at radius 1 is 1.18 bits per heavy atom. The lowest BCUT2D eigenvalue weighted by atomic mass is 10.0. The predicted octanol–water partition coefficient (Wildman–Crippen LogP) is 4.81. The molecule has 114 valence electrons. The first kappa shape index (κ1) is 15.4. The van der Waals surface area contributed by atoms with Crippen molar-refractivity contribution in [3.63, 3.8) is 0 Å². The summed E-state index contributed by atoms with van der Waals surface area (Å²) >= 11 is 9.50. The summed E-state index contributed by atoms with van der Waals surface area (Å²) in [7, 11) is 0. The van der Waals surface area contributed by atoms with E-state index in [9.17, 15) is 4.79 Å². The molecule has 2 aromatic carbocycles. The van der Waals surface area contributed by atoms with Crippen molar-refractivity contribution in [3.05, 3.63) is 57.5 Å². The smallest absolute Gasteiger partial charge is 0.271 e. The highest BCUT2D eigenvalue weighted by molar-refractivity contribution is 9.10. The fourth-order valence-electron chi connectivity index (χ4n) is 2.47. The van der Waals surface area contributed by atoms with Crippen molar-refractivity contribution >= 4 is 39.1 Å². The molecule has 3 nitrogen and oxygen atoms in total. The van der Waals surface area contributed by atoms with Crippen LogP contribution in [0.15, 0.2) is 46.9 Å². The lowest BCUT2D eigenvalue weighted by molar-refractivity contribution is -0.132. The zero-order chi connectivity index (χ0) is 15.9. The van der Waals surface area contributed by atoms with E-state index >= 15 is 0 Å². The number of fused-ring (bicyclic) bond motifs is 1. The summed E-state index contributed by atoms with van der Waals surface area (Å²) in [6.07, 6.45) is 0. The lowest BCUT2D eigenvalue weighted by Crippen LogP contribution is -2.52. The molecule has 0 aliphatic carbocycles. The molecule has 2 aromatic rings. The molecule has 0 spiro atoms. The topological polar surface area (TPSA) is 29.5 Å². The summed E-state index contributed by atoms with van der Waals surface area (Å²) in [5.74, 6) is 0.594. The van der Waals surface area contributed by atoms with Gasteiger partial charge < -0.3 is 9.64 Å². The maximum atomic E-state index is 12.7. The van der Waals surface area contributed by atoms with E-state index in [1.807, 2.05) is 24.3 Å². The minimum absolute atomic E-state index is 0.0785. The van der Waals surface area contributed by atoms with Crippen LogP contribution in [0.1, 0.15) is 19.4 Å². The number of hydrogen-bond acceptors (Lipinski definition) is 2. The van der Waals surface area contributed by atoms with E-state index in [2.05, 4.69) is 15.9 Å². The number of carbonyl (C=O) groups is 1. The molecule has 1 amide bonds. The maximum Gasteiger partial charge on any atom is 0.271 e. The molecule has 0 atom stereocenters. The highest BCUT2D eigenvalue weighted by atomic mass is 79.9. The molecule has 1 aliphatic heterocycles. The first-order valence-corrected chi connectivity index (χ1v) is 8.09. The van der Waals surface area contributed by atoms with E-state index in [-0.39, 0.29) is 5.91 Å². The molecule has 0 N–H and O–H groups in total. The summed E-state index contributed by atoms with van der Waals surface area (Å²) in [5, 5.41) is 0.579. The van der Waals surface area contributed by atoms with Crippen molar-refractivity contribution in [1.82, 2.24) is 0 Å². The molecule has 0 radical (unpaired) electrons. The van der Waals surface area contributed by atoms with Gasteiger partial charge in [0.1, 0.15) is 5.75 Å². The first-order valence-electron chi connectivity index (χ1n) is 6.92. The summed E-state index contributed by atoms with van der Waals surface area (Å²) in [6, 6.07) is 13.2. The molecule has 0 unspecified atom stereocenters. The van der Waals surface area contributed by atoms with Crippen LogP contribution in [0.3, 0.4) is 0 Å². The number of nitrogens with zero attached hydrogens (tertiary/aromatic N) is 1. The van der Waals surface area contributed by atoms with Gasteiger partial charge in [0.15, 0.2) is 5.60 Å². The molecule has 1 aliphatic rings. The van der Waals surface area contributed by atoms with Gasteiger partial charge in [-0.1, -0.05) is 39.7 Å². The van der Waals surface area contributed by atoms with Crippen LogP contribution in [-0.2, 0) is 11.3 Å². The molecule has 22 heavy (non-hydrogen) atoms. The highest BCUT2D eigenvalue weighted by Crippen LogP contribution is 2.40. The SMILES string of the molecule is CC1(C)Oc2ccc(Cl)cc2N(Cc2ccc(Br)cc2)C1=O. The second-order valence-electron chi connectivity index (χ2n) is 5.74. The summed E-state index contributed by atoms with van der Waals surface area (Å²) in [5.41, 5.74) is 0.857. The Bertz CT molecular complexity index is 728. The standard InChI is InChI=1S/C17H15BrClNO2/c1-17(2)16(21)20(10-11-3-5-12(18)6-4-11)14-9-13(19)7-8-15(14)22-17/h3-9H,10H2,1-2H3. The first-order chi connectivity index (χ1) is 10.4. The van der Waals surface area contributed by atoms with Crippen LogP contribution in [0.4, 0.5) is 5.69 Å². The summed E-state index contributed by atoms with van der Waals surface area (Å²) < 4.78 is 6.82. The average molecular weight is 381 g/mol. The molecule has 0 saturated carbocycles. The van der Waals surface area contributed by atoms with E-state index in [1.54, 1.807) is 36.9 Å². The Morgan fingerprint density at radius 2 is 1.86 bits per heavy atom. The predicted molar refractivity (Wildman–Crippen MR) is 91.5 cm³/mol. The number of halogens is 2. The Morgan fingerprint density at radius 3 is 2.55 bits per heavy atom. The number of benzene rings is 2. The summed E-state index contributed by atoms with van der Waals surface area (Å²) in [4.78, 5) is 14.5. The monoisotopic (exact) mass is 379 g/mol. The third-order valence-electron chi connectivity index (χ3n) is 3.59. The Hall–Kier alpha value is -1.52. The van der Waals surface area contributed by atoms with Gasteiger partial charge in [0.2, 0.25) is 0 Å². The summed E-state index contributed by atoms with van der Waals surface area (Å²) in [6.45, 7) is 4.04. The van der Waals surface area contributed by atoms with Gasteiger partial charge in [0, 0.05) is 9.50 Å². The number of amides is 1. The van der Waals surface area contributed by atoms with E-state index in [4.69, 9.17) is 16.3 Å². The fourth-order valence-corrected chi connectivity index (χ4v) is 2.90. The minimum Gasteiger partial charge on any atom is -0.476 e. The number of hydrogen-bond donors (Lipinski definition) is 0. The molecule has 3 rings (SSSR count). The van der Waals surface area contributed by atoms with Gasteiger partial charge in [-0.15, -0.1) is 0 Å². The molecule has 0 bridgehead atoms. The van der Waals surface area contributed by atoms with E-state index in [1.165, 1.54) is 0 Å². The molecular weight excluding hydrogens is 366 g/mol. The van der Waals surface area contributed by atoms with E-state index < -0.39 is 5.60 Å². The van der Waals surface area contributed by atoms with Crippen molar-refractivity contribution in [3.8, 4) is 5.75 Å². The van der Waals surface area contributed by atoms with Crippen LogP contribution < -0.4 is 9.64 Å². The van der Waals surface area contributed by atoms with Gasteiger partial charge in [-0.25, -0.2) is 0 Å². The zero-order valence-electron chi connectivity index (χ0n) is 12.3. The van der Waals surface area contributed by atoms with Crippen molar-refractivity contribution in [2.45, 2.75) is 26.0 Å². The van der Waals surface area contributed by atoms with Crippen LogP contribution >= 0.6 is 27.5 Å². The van der Waals surface area contributed by atoms with Crippen molar-refractivity contribution < 1.29 is 9.53 Å². The number of carbonyl (C=O) groups excluding carboxylic acids is 1. The number of ether oxygens (including phenoxy) is 1. The van der Waals surface area contributed by atoms with Gasteiger partial charge >= 0.3 is 0 Å². The molecule has 0 fully saturated rings. The van der Waals surface area contributed by atoms with Gasteiger partial charge in [-0.2, -0.15) is 0 Å². The fraction of sp³-hybridized carbons (Fsp3) is 0.235. The normalized spacial score (nSPS) is 16.2. The van der Waals surface area contributed by atoms with Crippen LogP contribution in [0.25, 0.3) is 0 Å². The van der Waals surface area contributed by atoms with Crippen molar-refractivity contribution in [2.75, 3.05) is 4.90 Å². The second-order valence-corrected chi connectivity index (χ2v) is 7.09. The lowest BCUT2D eigenvalue weighted by Gasteiger charge is -2.39. The Balaban J connectivity index is 2.02. The van der Waals surface area contributed by atoms with Crippen LogP contribution in [-0.4, -0.2) is 11.5 Å². The van der Waals surface area contributed by atoms with E-state index in [0.717, 1.165) is 10.0 Å². The van der Waals surface area contributed by atoms with Gasteiger partial charge in [0.05, 0.1) is 12.2 Å². The Kier molecular flexibility index (Phi) is 3.91. The van der Waals surface area contributed by atoms with Crippen LogP contribution in [0.5, 0.6) is 5.75 Å². The molecule has 0 aromatic heterocycles. The van der Waals surface area contributed by atoms with Crippen molar-refractivity contribution in [2.24, 2.45) is 0 Å². The van der Waals surface area contributed by atoms with Gasteiger partial charge in [-0.3, -0.25) is 4.79 Å². The van der Waals surface area contributed by atoms with E-state index in [0.29, 0.717) is 23.0 Å². The molecule has 5 heteroatoms. The average Bonchev–Trinajstić information content (AvgIpc) is 2.47. The number of anilines is 1. The van der Waals surface area contributed by atoms with Crippen molar-refractivity contribution in [1.29, 1.82) is 0 Å². The molecule has 1 heterocycles. The quantitative estimate of drug-likeness (QED) is 0.748. The number of rotatable bonds is 2. The maximum absolute atomic E-state index is 12.7. The Labute approximate surface area is 143 Å². The largest absolute Gasteiger partial charge is 0.476 e. The van der Waals surface area contributed by atoms with Gasteiger partial charge in [0.25, 0.3) is 5.91 Å². The zero-order valence-corrected chi connectivity index (χ0v) is 14.6. The second kappa shape index (κ2) is 5.60. The van der Waals surface area contributed by atoms with Crippen LogP contribution in [0.2, 0.25) is 5.02 Å². The minimum atomic E-state index is -0.893.